The van der Waals surface area contributed by atoms with E-state index in [1.54, 1.807) is 6.20 Å². The largest absolute Gasteiger partial charge is 0.473 e. The van der Waals surface area contributed by atoms with Crippen molar-refractivity contribution >= 4 is 5.96 Å². The van der Waals surface area contributed by atoms with Gasteiger partial charge in [0.15, 0.2) is 5.96 Å². The number of nitrogens with zero attached hydrogens (tertiary/aromatic N) is 5. The first kappa shape index (κ1) is 20.9. The minimum Gasteiger partial charge on any atom is -0.473 e. The van der Waals surface area contributed by atoms with E-state index in [4.69, 9.17) is 4.74 Å². The summed E-state index contributed by atoms with van der Waals surface area (Å²) >= 11 is 0. The van der Waals surface area contributed by atoms with Gasteiger partial charge in [-0.3, -0.25) is 4.99 Å². The number of piperidine rings is 1. The molecule has 0 aliphatic carbocycles. The van der Waals surface area contributed by atoms with Crippen LogP contribution in [-0.4, -0.2) is 45.5 Å². The van der Waals surface area contributed by atoms with Crippen LogP contribution < -0.4 is 10.1 Å². The third-order valence-corrected chi connectivity index (χ3v) is 5.84. The van der Waals surface area contributed by atoms with Gasteiger partial charge in [0.2, 0.25) is 5.88 Å². The number of imidazole rings is 1. The highest BCUT2D eigenvalue weighted by atomic mass is 16.5. The number of hydrogen-bond acceptors (Lipinski definition) is 4. The second-order valence-corrected chi connectivity index (χ2v) is 7.93. The summed E-state index contributed by atoms with van der Waals surface area (Å²) < 4.78 is 8.21. The quantitative estimate of drug-likeness (QED) is 0.490. The molecule has 7 heteroatoms. The van der Waals surface area contributed by atoms with Crippen LogP contribution in [0.1, 0.15) is 30.5 Å². The van der Waals surface area contributed by atoms with E-state index in [9.17, 15) is 0 Å². The van der Waals surface area contributed by atoms with Crippen molar-refractivity contribution in [3.63, 3.8) is 0 Å². The second-order valence-electron chi connectivity index (χ2n) is 7.93. The Morgan fingerprint density at radius 2 is 2.06 bits per heavy atom. The highest BCUT2D eigenvalue weighted by Crippen LogP contribution is 2.27. The van der Waals surface area contributed by atoms with Crippen LogP contribution in [0.5, 0.6) is 5.88 Å². The van der Waals surface area contributed by atoms with Gasteiger partial charge in [0.05, 0.1) is 12.4 Å². The van der Waals surface area contributed by atoms with Gasteiger partial charge in [0.1, 0.15) is 6.61 Å². The maximum atomic E-state index is 6.00. The van der Waals surface area contributed by atoms with Gasteiger partial charge in [-0.1, -0.05) is 43.3 Å². The minimum absolute atomic E-state index is 0.387. The fourth-order valence-electron chi connectivity index (χ4n) is 4.02. The molecule has 2 unspecified atom stereocenters. The Labute approximate surface area is 183 Å². The van der Waals surface area contributed by atoms with E-state index in [0.717, 1.165) is 36.6 Å². The lowest BCUT2D eigenvalue weighted by atomic mass is 9.93. The molecule has 7 nitrogen and oxygen atoms in total. The summed E-state index contributed by atoms with van der Waals surface area (Å²) in [5.74, 6) is 2.15. The van der Waals surface area contributed by atoms with E-state index in [1.165, 1.54) is 0 Å². The summed E-state index contributed by atoms with van der Waals surface area (Å²) in [5.41, 5.74) is 2.13. The lowest BCUT2D eigenvalue weighted by Gasteiger charge is -2.39. The molecule has 1 aliphatic heterocycles. The Balaban J connectivity index is 1.39. The molecule has 1 aliphatic rings. The summed E-state index contributed by atoms with van der Waals surface area (Å²) in [6, 6.07) is 14.5. The fraction of sp³-hybridized carbons (Fsp3) is 0.375. The number of aromatic nitrogens is 3. The minimum atomic E-state index is 0.387. The number of hydrogen-bond donors (Lipinski definition) is 1. The number of benzene rings is 1. The van der Waals surface area contributed by atoms with Gasteiger partial charge >= 0.3 is 0 Å². The van der Waals surface area contributed by atoms with Crippen molar-refractivity contribution in [3.8, 4) is 5.88 Å². The van der Waals surface area contributed by atoms with Crippen molar-refractivity contribution in [1.29, 1.82) is 0 Å². The first-order chi connectivity index (χ1) is 15.2. The number of guanidine groups is 1. The summed E-state index contributed by atoms with van der Waals surface area (Å²) in [4.78, 5) is 15.5. The van der Waals surface area contributed by atoms with Crippen LogP contribution in [0.25, 0.3) is 0 Å². The zero-order valence-corrected chi connectivity index (χ0v) is 18.2. The Hall–Kier alpha value is -3.35. The number of pyridine rings is 1. The maximum Gasteiger partial charge on any atom is 0.218 e. The van der Waals surface area contributed by atoms with Crippen LogP contribution in [0.3, 0.4) is 0 Å². The van der Waals surface area contributed by atoms with Crippen LogP contribution >= 0.6 is 0 Å². The smallest absolute Gasteiger partial charge is 0.218 e. The molecule has 0 radical (unpaired) electrons. The number of rotatable bonds is 6. The fourth-order valence-corrected chi connectivity index (χ4v) is 4.02. The van der Waals surface area contributed by atoms with Gasteiger partial charge in [-0.25, -0.2) is 9.97 Å². The molecular weight excluding hydrogens is 388 g/mol. The first-order valence-corrected chi connectivity index (χ1v) is 10.8. The highest BCUT2D eigenvalue weighted by Gasteiger charge is 2.28. The molecule has 0 amide bonds. The molecule has 162 valence electrons. The van der Waals surface area contributed by atoms with Crippen LogP contribution in [0.15, 0.2) is 72.4 Å². The second kappa shape index (κ2) is 10.1. The van der Waals surface area contributed by atoms with E-state index in [2.05, 4.69) is 48.8 Å². The van der Waals surface area contributed by atoms with Crippen LogP contribution in [0.2, 0.25) is 0 Å². The standard InChI is InChI=1S/C24H30N6O/c1-19-10-13-29(16-22(19)30-14-12-26-18-30)24(25-2)28-15-21-9-6-11-27-23(21)31-17-20-7-4-3-5-8-20/h3-9,11-12,14,18-19,22H,10,13,15-17H2,1-2H3,(H,25,28). The van der Waals surface area contributed by atoms with Crippen molar-refractivity contribution in [2.24, 2.45) is 10.9 Å². The van der Waals surface area contributed by atoms with Crippen molar-refractivity contribution in [3.05, 3.63) is 78.5 Å². The molecule has 2 aromatic heterocycles. The third kappa shape index (κ3) is 5.23. The molecule has 0 bridgehead atoms. The lowest BCUT2D eigenvalue weighted by Crippen LogP contribution is -2.48. The summed E-state index contributed by atoms with van der Waals surface area (Å²) in [6.45, 7) is 5.30. The monoisotopic (exact) mass is 418 g/mol. The summed E-state index contributed by atoms with van der Waals surface area (Å²) in [5, 5.41) is 3.51. The zero-order valence-electron chi connectivity index (χ0n) is 18.2. The molecule has 4 rings (SSSR count). The number of nitrogens with one attached hydrogen (secondary N) is 1. The van der Waals surface area contributed by atoms with Crippen LogP contribution in [0, 0.1) is 5.92 Å². The van der Waals surface area contributed by atoms with Crippen LogP contribution in [-0.2, 0) is 13.2 Å². The maximum absolute atomic E-state index is 6.00. The van der Waals surface area contributed by atoms with Gasteiger partial charge in [-0.05, 0) is 24.0 Å². The predicted octanol–water partition coefficient (Wildman–Crippen LogP) is 3.52. The van der Waals surface area contributed by atoms with E-state index < -0.39 is 0 Å². The highest BCUT2D eigenvalue weighted by molar-refractivity contribution is 5.80. The number of likely N-dealkylation sites (tertiary alicyclic amines) is 1. The van der Waals surface area contributed by atoms with Gasteiger partial charge < -0.3 is 19.5 Å². The van der Waals surface area contributed by atoms with Gasteiger partial charge in [0, 0.05) is 50.8 Å². The first-order valence-electron chi connectivity index (χ1n) is 10.8. The van der Waals surface area contributed by atoms with Crippen LogP contribution in [0.4, 0.5) is 0 Å². The van der Waals surface area contributed by atoms with Gasteiger partial charge in [-0.15, -0.1) is 0 Å². The Morgan fingerprint density at radius 3 is 2.84 bits per heavy atom. The molecule has 3 aromatic rings. The molecule has 0 spiro atoms. The number of ether oxygens (including phenoxy) is 1. The van der Waals surface area contributed by atoms with E-state index in [-0.39, 0.29) is 0 Å². The molecule has 1 N–H and O–H groups in total. The van der Waals surface area contributed by atoms with Crippen molar-refractivity contribution in [2.75, 3.05) is 20.1 Å². The Bertz CT molecular complexity index is 973. The molecule has 3 heterocycles. The van der Waals surface area contributed by atoms with Gasteiger partial charge in [-0.2, -0.15) is 0 Å². The SMILES string of the molecule is CN=C(NCc1cccnc1OCc1ccccc1)N1CCC(C)C(n2ccnc2)C1. The van der Waals surface area contributed by atoms with E-state index in [0.29, 0.717) is 31.0 Å². The molecule has 2 atom stereocenters. The molecule has 1 fully saturated rings. The summed E-state index contributed by atoms with van der Waals surface area (Å²) in [7, 11) is 1.84. The van der Waals surface area contributed by atoms with Gasteiger partial charge in [0.25, 0.3) is 0 Å². The zero-order chi connectivity index (χ0) is 21.5. The predicted molar refractivity (Wildman–Crippen MR) is 122 cm³/mol. The summed E-state index contributed by atoms with van der Waals surface area (Å²) in [6.07, 6.45) is 8.68. The lowest BCUT2D eigenvalue weighted by molar-refractivity contribution is 0.189. The molecule has 1 aromatic carbocycles. The van der Waals surface area contributed by atoms with Crippen molar-refractivity contribution in [1.82, 2.24) is 24.8 Å². The number of aliphatic imine (C=N–C) groups is 1. The van der Waals surface area contributed by atoms with E-state index in [1.807, 2.05) is 56.1 Å². The van der Waals surface area contributed by atoms with E-state index >= 15 is 0 Å². The van der Waals surface area contributed by atoms with Crippen molar-refractivity contribution in [2.45, 2.75) is 32.5 Å². The molecule has 31 heavy (non-hydrogen) atoms. The third-order valence-electron chi connectivity index (χ3n) is 5.84. The van der Waals surface area contributed by atoms with Crippen molar-refractivity contribution < 1.29 is 4.74 Å². The average Bonchev–Trinajstić information content (AvgIpc) is 3.35. The Morgan fingerprint density at radius 1 is 1.19 bits per heavy atom. The Kier molecular flexibility index (Phi) is 6.82. The average molecular weight is 419 g/mol. The normalized spacial score (nSPS) is 19.3. The molecule has 0 saturated carbocycles. The molecule has 1 saturated heterocycles. The topological polar surface area (TPSA) is 67.6 Å². The molecular formula is C24H30N6O.